The van der Waals surface area contributed by atoms with Gasteiger partial charge in [0.2, 0.25) is 5.91 Å². The Labute approximate surface area is 179 Å². The zero-order valence-corrected chi connectivity index (χ0v) is 18.2. The van der Waals surface area contributed by atoms with Crippen molar-refractivity contribution < 1.29 is 9.53 Å². The average Bonchev–Trinajstić information content (AvgIpc) is 3.29. The van der Waals surface area contributed by atoms with E-state index >= 15 is 0 Å². The highest BCUT2D eigenvalue weighted by atomic mass is 35.5. The number of piperazine rings is 2. The third-order valence-corrected chi connectivity index (χ3v) is 6.96. The molecule has 7 heteroatoms. The van der Waals surface area contributed by atoms with E-state index in [1.807, 2.05) is 18.2 Å². The predicted molar refractivity (Wildman–Crippen MR) is 117 cm³/mol. The fourth-order valence-electron chi connectivity index (χ4n) is 4.95. The molecule has 1 saturated carbocycles. The molecule has 0 radical (unpaired) electrons. The molecule has 3 fully saturated rings. The van der Waals surface area contributed by atoms with Gasteiger partial charge in [-0.2, -0.15) is 0 Å². The molecule has 1 aliphatic carbocycles. The van der Waals surface area contributed by atoms with Gasteiger partial charge in [-0.15, -0.1) is 0 Å². The number of amides is 1. The van der Waals surface area contributed by atoms with Crippen molar-refractivity contribution in [2.75, 3.05) is 70.9 Å². The van der Waals surface area contributed by atoms with Crippen LogP contribution in [0.5, 0.6) is 5.75 Å². The minimum absolute atomic E-state index is 0.282. The Bertz CT molecular complexity index is 694. The molecule has 29 heavy (non-hydrogen) atoms. The van der Waals surface area contributed by atoms with Crippen LogP contribution in [0.2, 0.25) is 5.02 Å². The number of methoxy groups -OCH3 is 1. The Morgan fingerprint density at radius 1 is 1.03 bits per heavy atom. The van der Waals surface area contributed by atoms with Gasteiger partial charge in [0.25, 0.3) is 0 Å². The van der Waals surface area contributed by atoms with E-state index < -0.39 is 0 Å². The van der Waals surface area contributed by atoms with Crippen molar-refractivity contribution in [2.45, 2.75) is 31.7 Å². The summed E-state index contributed by atoms with van der Waals surface area (Å²) in [7, 11) is 1.69. The molecular weight excluding hydrogens is 388 g/mol. The SMILES string of the molecule is COc1ccc(Cl)cc1N1CCN(CC(=O)N2CCN(C3CCCC3)CC2)CC1. The van der Waals surface area contributed by atoms with Crippen molar-refractivity contribution in [3.8, 4) is 5.75 Å². The first kappa shape index (κ1) is 20.8. The van der Waals surface area contributed by atoms with Gasteiger partial charge in [0, 0.05) is 63.4 Å². The maximum atomic E-state index is 12.8. The van der Waals surface area contributed by atoms with Gasteiger partial charge in [0.05, 0.1) is 19.3 Å². The number of ether oxygens (including phenoxy) is 1. The Morgan fingerprint density at radius 2 is 1.72 bits per heavy atom. The molecule has 1 amide bonds. The second-order valence-electron chi connectivity index (χ2n) is 8.43. The van der Waals surface area contributed by atoms with Crippen LogP contribution >= 0.6 is 11.6 Å². The molecule has 2 heterocycles. The Kier molecular flexibility index (Phi) is 6.83. The van der Waals surface area contributed by atoms with E-state index in [-0.39, 0.29) is 5.91 Å². The smallest absolute Gasteiger partial charge is 0.236 e. The molecule has 0 atom stereocenters. The molecule has 0 bridgehead atoms. The van der Waals surface area contributed by atoms with Crippen molar-refractivity contribution in [1.82, 2.24) is 14.7 Å². The molecule has 4 rings (SSSR count). The monoisotopic (exact) mass is 420 g/mol. The van der Waals surface area contributed by atoms with Gasteiger partial charge in [-0.1, -0.05) is 24.4 Å². The molecule has 0 aromatic heterocycles. The van der Waals surface area contributed by atoms with Crippen LogP contribution in [0.1, 0.15) is 25.7 Å². The van der Waals surface area contributed by atoms with Crippen molar-refractivity contribution in [2.24, 2.45) is 0 Å². The highest BCUT2D eigenvalue weighted by Gasteiger charge is 2.29. The van der Waals surface area contributed by atoms with E-state index in [1.165, 1.54) is 25.7 Å². The zero-order chi connectivity index (χ0) is 20.2. The second-order valence-corrected chi connectivity index (χ2v) is 8.87. The van der Waals surface area contributed by atoms with Gasteiger partial charge in [0.15, 0.2) is 0 Å². The van der Waals surface area contributed by atoms with E-state index in [0.717, 1.165) is 74.9 Å². The van der Waals surface area contributed by atoms with Crippen molar-refractivity contribution in [1.29, 1.82) is 0 Å². The lowest BCUT2D eigenvalue weighted by molar-refractivity contribution is -0.134. The number of rotatable bonds is 5. The molecule has 0 unspecified atom stereocenters. The van der Waals surface area contributed by atoms with Crippen LogP contribution in [0.15, 0.2) is 18.2 Å². The lowest BCUT2D eigenvalue weighted by Crippen LogP contribution is -2.55. The fourth-order valence-corrected chi connectivity index (χ4v) is 5.12. The second kappa shape index (κ2) is 9.54. The first-order valence-corrected chi connectivity index (χ1v) is 11.3. The van der Waals surface area contributed by atoms with Gasteiger partial charge in [-0.05, 0) is 31.0 Å². The Morgan fingerprint density at radius 3 is 2.38 bits per heavy atom. The van der Waals surface area contributed by atoms with E-state index in [1.54, 1.807) is 7.11 Å². The molecule has 1 aromatic carbocycles. The molecule has 2 saturated heterocycles. The minimum Gasteiger partial charge on any atom is -0.495 e. The molecule has 6 nitrogen and oxygen atoms in total. The van der Waals surface area contributed by atoms with Gasteiger partial charge < -0.3 is 14.5 Å². The summed E-state index contributed by atoms with van der Waals surface area (Å²) < 4.78 is 5.49. The van der Waals surface area contributed by atoms with Crippen LogP contribution in [0.3, 0.4) is 0 Å². The Balaban J connectivity index is 1.24. The number of benzene rings is 1. The topological polar surface area (TPSA) is 39.3 Å². The molecule has 0 N–H and O–H groups in total. The molecule has 0 spiro atoms. The van der Waals surface area contributed by atoms with Crippen molar-refractivity contribution in [3.63, 3.8) is 0 Å². The summed E-state index contributed by atoms with van der Waals surface area (Å²) in [5, 5.41) is 0.718. The number of anilines is 1. The average molecular weight is 421 g/mol. The van der Waals surface area contributed by atoms with E-state index in [4.69, 9.17) is 16.3 Å². The molecule has 2 aliphatic heterocycles. The first-order valence-electron chi connectivity index (χ1n) is 11.0. The third kappa shape index (κ3) is 4.98. The largest absolute Gasteiger partial charge is 0.495 e. The summed E-state index contributed by atoms with van der Waals surface area (Å²) in [6.07, 6.45) is 5.43. The lowest BCUT2D eigenvalue weighted by Gasteiger charge is -2.40. The highest BCUT2D eigenvalue weighted by Crippen LogP contribution is 2.32. The number of halogens is 1. The van der Waals surface area contributed by atoms with Gasteiger partial charge in [0.1, 0.15) is 5.75 Å². The minimum atomic E-state index is 0.282. The molecule has 3 aliphatic rings. The summed E-state index contributed by atoms with van der Waals surface area (Å²) in [6, 6.07) is 6.50. The lowest BCUT2D eigenvalue weighted by atomic mass is 10.2. The summed E-state index contributed by atoms with van der Waals surface area (Å²) in [4.78, 5) is 22.1. The van der Waals surface area contributed by atoms with Crippen LogP contribution in [0.25, 0.3) is 0 Å². The standard InChI is InChI=1S/C22H33ClN4O2/c1-29-21-7-6-18(23)16-20(21)26-10-8-24(9-11-26)17-22(28)27-14-12-25(13-15-27)19-4-2-3-5-19/h6-7,16,19H,2-5,8-15,17H2,1H3. The molecular formula is C22H33ClN4O2. The van der Waals surface area contributed by atoms with Crippen molar-refractivity contribution in [3.05, 3.63) is 23.2 Å². The van der Waals surface area contributed by atoms with Crippen molar-refractivity contribution >= 4 is 23.2 Å². The number of carbonyl (C=O) groups excluding carboxylic acids is 1. The summed E-state index contributed by atoms with van der Waals surface area (Å²) in [5.41, 5.74) is 1.04. The number of hydrogen-bond donors (Lipinski definition) is 0. The predicted octanol–water partition coefficient (Wildman–Crippen LogP) is 2.56. The van der Waals surface area contributed by atoms with Gasteiger partial charge >= 0.3 is 0 Å². The van der Waals surface area contributed by atoms with E-state index in [2.05, 4.69) is 19.6 Å². The molecule has 1 aromatic rings. The van der Waals surface area contributed by atoms with Gasteiger partial charge in [-0.3, -0.25) is 14.6 Å². The van der Waals surface area contributed by atoms with Crippen LogP contribution < -0.4 is 9.64 Å². The van der Waals surface area contributed by atoms with E-state index in [9.17, 15) is 4.79 Å². The number of hydrogen-bond acceptors (Lipinski definition) is 5. The summed E-state index contributed by atoms with van der Waals surface area (Å²) in [6.45, 7) is 7.89. The zero-order valence-electron chi connectivity index (χ0n) is 17.5. The highest BCUT2D eigenvalue weighted by molar-refractivity contribution is 6.30. The van der Waals surface area contributed by atoms with Crippen LogP contribution in [-0.4, -0.2) is 92.7 Å². The quantitative estimate of drug-likeness (QED) is 0.732. The van der Waals surface area contributed by atoms with E-state index in [0.29, 0.717) is 6.54 Å². The normalized spacial score (nSPS) is 22.3. The number of nitrogens with zero attached hydrogens (tertiary/aromatic N) is 4. The fraction of sp³-hybridized carbons (Fsp3) is 0.682. The Hall–Kier alpha value is -1.50. The first-order chi connectivity index (χ1) is 14.1. The maximum Gasteiger partial charge on any atom is 0.236 e. The van der Waals surface area contributed by atoms with Gasteiger partial charge in [-0.25, -0.2) is 0 Å². The third-order valence-electron chi connectivity index (χ3n) is 6.72. The summed E-state index contributed by atoms with van der Waals surface area (Å²) >= 11 is 6.18. The van der Waals surface area contributed by atoms with Crippen LogP contribution in [0, 0.1) is 0 Å². The maximum absolute atomic E-state index is 12.8. The number of carbonyl (C=O) groups is 1. The molecule has 160 valence electrons. The van der Waals surface area contributed by atoms with Crippen LogP contribution in [-0.2, 0) is 4.79 Å². The van der Waals surface area contributed by atoms with Crippen LogP contribution in [0.4, 0.5) is 5.69 Å². The summed E-state index contributed by atoms with van der Waals surface area (Å²) in [5.74, 6) is 1.13.